The van der Waals surface area contributed by atoms with E-state index in [1.54, 1.807) is 0 Å². The van der Waals surface area contributed by atoms with Gasteiger partial charge >= 0.3 is 5.97 Å². The van der Waals surface area contributed by atoms with E-state index in [4.69, 9.17) is 9.72 Å². The highest BCUT2D eigenvalue weighted by molar-refractivity contribution is 6.05. The minimum absolute atomic E-state index is 0.154. The molecule has 29 heavy (non-hydrogen) atoms. The summed E-state index contributed by atoms with van der Waals surface area (Å²) in [5.41, 5.74) is 6.35. The Bertz CT molecular complexity index is 1240. The highest BCUT2D eigenvalue weighted by Gasteiger charge is 2.26. The van der Waals surface area contributed by atoms with E-state index in [9.17, 15) is 4.79 Å². The molecule has 0 saturated heterocycles. The molecule has 1 aliphatic carbocycles. The number of aromatic nitrogens is 3. The highest BCUT2D eigenvalue weighted by Crippen LogP contribution is 2.32. The van der Waals surface area contributed by atoms with Crippen LogP contribution in [0.1, 0.15) is 46.2 Å². The Morgan fingerprint density at radius 3 is 2.93 bits per heavy atom. The second kappa shape index (κ2) is 6.99. The van der Waals surface area contributed by atoms with Gasteiger partial charge in [0.25, 0.3) is 0 Å². The van der Waals surface area contributed by atoms with E-state index in [1.165, 1.54) is 0 Å². The van der Waals surface area contributed by atoms with Gasteiger partial charge in [-0.2, -0.15) is 0 Å². The molecular weight excluding hydrogens is 362 g/mol. The molecule has 1 atom stereocenters. The van der Waals surface area contributed by atoms with Crippen molar-refractivity contribution in [1.82, 2.24) is 14.4 Å². The zero-order valence-corrected chi connectivity index (χ0v) is 16.7. The van der Waals surface area contributed by atoms with Crippen LogP contribution in [0.5, 0.6) is 0 Å². The Balaban J connectivity index is 1.50. The molecule has 4 aromatic rings. The molecule has 0 bridgehead atoms. The number of benzene rings is 1. The van der Waals surface area contributed by atoms with Gasteiger partial charge in [0.15, 0.2) is 0 Å². The number of esters is 1. The fourth-order valence-electron chi connectivity index (χ4n) is 4.28. The molecule has 1 aromatic carbocycles. The maximum atomic E-state index is 13.2. The molecule has 146 valence electrons. The summed E-state index contributed by atoms with van der Waals surface area (Å²) in [5.74, 6) is 0.251. The molecule has 0 radical (unpaired) electrons. The molecule has 1 aliphatic rings. The molecule has 5 rings (SSSR count). The molecule has 3 aromatic heterocycles. The number of imidazole rings is 1. The van der Waals surface area contributed by atoms with Crippen molar-refractivity contribution in [3.05, 3.63) is 76.9 Å². The van der Waals surface area contributed by atoms with Crippen LogP contribution in [-0.2, 0) is 24.2 Å². The highest BCUT2D eigenvalue weighted by atomic mass is 16.5. The van der Waals surface area contributed by atoms with Gasteiger partial charge < -0.3 is 9.14 Å². The topological polar surface area (TPSA) is 56.5 Å². The van der Waals surface area contributed by atoms with Gasteiger partial charge in [-0.25, -0.2) is 9.78 Å². The minimum Gasteiger partial charge on any atom is -0.455 e. The van der Waals surface area contributed by atoms with Crippen LogP contribution in [0.2, 0.25) is 0 Å². The van der Waals surface area contributed by atoms with Gasteiger partial charge in [-0.05, 0) is 55.4 Å². The molecule has 0 unspecified atom stereocenters. The van der Waals surface area contributed by atoms with E-state index in [0.717, 1.165) is 58.3 Å². The van der Waals surface area contributed by atoms with E-state index >= 15 is 0 Å². The van der Waals surface area contributed by atoms with Crippen LogP contribution in [0.25, 0.3) is 16.6 Å². The number of nitrogens with zero attached hydrogens (tertiary/aromatic N) is 3. The summed E-state index contributed by atoms with van der Waals surface area (Å²) >= 11 is 0. The minimum atomic E-state index is -0.289. The monoisotopic (exact) mass is 385 g/mol. The molecule has 0 saturated carbocycles. The summed E-state index contributed by atoms with van der Waals surface area (Å²) in [7, 11) is 0. The van der Waals surface area contributed by atoms with Crippen molar-refractivity contribution in [2.75, 3.05) is 0 Å². The lowest BCUT2D eigenvalue weighted by Gasteiger charge is -2.24. The van der Waals surface area contributed by atoms with Crippen molar-refractivity contribution in [3.8, 4) is 0 Å². The van der Waals surface area contributed by atoms with E-state index in [-0.39, 0.29) is 12.6 Å². The van der Waals surface area contributed by atoms with Crippen LogP contribution >= 0.6 is 0 Å². The summed E-state index contributed by atoms with van der Waals surface area (Å²) in [4.78, 5) is 22.6. The van der Waals surface area contributed by atoms with Gasteiger partial charge in [-0.15, -0.1) is 0 Å². The van der Waals surface area contributed by atoms with E-state index in [2.05, 4.69) is 11.9 Å². The lowest BCUT2D eigenvalue weighted by molar-refractivity contribution is 0.0468. The zero-order valence-electron chi connectivity index (χ0n) is 16.7. The first-order chi connectivity index (χ1) is 14.1. The second-order valence-corrected chi connectivity index (χ2v) is 8.01. The average molecular weight is 385 g/mol. The van der Waals surface area contributed by atoms with Gasteiger partial charge in [0.05, 0.1) is 16.8 Å². The third kappa shape index (κ3) is 3.16. The summed E-state index contributed by atoms with van der Waals surface area (Å²) < 4.78 is 7.71. The number of carbonyl (C=O) groups is 1. The summed E-state index contributed by atoms with van der Waals surface area (Å²) in [6.07, 6.45) is 6.75. The number of aryl methyl sites for hydroxylation is 2. The molecule has 3 heterocycles. The maximum Gasteiger partial charge on any atom is 0.339 e. The zero-order chi connectivity index (χ0) is 20.0. The number of para-hydroxylation sites is 1. The largest absolute Gasteiger partial charge is 0.455 e. The van der Waals surface area contributed by atoms with Gasteiger partial charge in [-0.3, -0.25) is 4.98 Å². The van der Waals surface area contributed by atoms with Crippen LogP contribution < -0.4 is 0 Å². The predicted molar refractivity (Wildman–Crippen MR) is 112 cm³/mol. The third-order valence-corrected chi connectivity index (χ3v) is 5.79. The average Bonchev–Trinajstić information content (AvgIpc) is 3.15. The Labute approximate surface area is 169 Å². The number of hydrogen-bond donors (Lipinski definition) is 0. The number of ether oxygens (including phenoxy) is 1. The number of pyridine rings is 2. The lowest BCUT2D eigenvalue weighted by atomic mass is 9.84. The predicted octanol–water partition coefficient (Wildman–Crippen LogP) is 4.67. The molecule has 5 nitrogen and oxygen atoms in total. The first-order valence-corrected chi connectivity index (χ1v) is 10.1. The van der Waals surface area contributed by atoms with Crippen molar-refractivity contribution >= 4 is 22.5 Å². The van der Waals surface area contributed by atoms with Crippen LogP contribution in [0, 0.1) is 12.8 Å². The Hall–Kier alpha value is -3.21. The molecule has 0 amide bonds. The quantitative estimate of drug-likeness (QED) is 0.481. The molecule has 5 heteroatoms. The number of hydrogen-bond acceptors (Lipinski definition) is 4. The summed E-state index contributed by atoms with van der Waals surface area (Å²) in [6.45, 7) is 4.40. The normalized spacial score (nSPS) is 16.1. The molecule has 0 fully saturated rings. The van der Waals surface area contributed by atoms with Crippen LogP contribution in [-0.4, -0.2) is 20.3 Å². The van der Waals surface area contributed by atoms with Gasteiger partial charge in [-0.1, -0.05) is 31.2 Å². The molecule has 0 aliphatic heterocycles. The Morgan fingerprint density at radius 2 is 2.07 bits per heavy atom. The molecule has 0 N–H and O–H groups in total. The first kappa shape index (κ1) is 17.9. The van der Waals surface area contributed by atoms with Crippen LogP contribution in [0.4, 0.5) is 0 Å². The third-order valence-electron chi connectivity index (χ3n) is 5.79. The number of carbonyl (C=O) groups excluding carboxylic acids is 1. The Kier molecular flexibility index (Phi) is 4.31. The van der Waals surface area contributed by atoms with E-state index in [0.29, 0.717) is 11.5 Å². The number of rotatable bonds is 3. The summed E-state index contributed by atoms with van der Waals surface area (Å²) in [5, 5.41) is 0.871. The standard InChI is InChI=1S/C24H23N3O2/c1-15-9-10-21-19(12-15)22(18-7-3-4-8-20(18)26-21)24(28)29-14-17-13-27-11-5-6-16(2)23(27)25-17/h3-8,11,13,15H,9-10,12,14H2,1-2H3/t15-/m1/s1. The molecular formula is C24H23N3O2. The summed E-state index contributed by atoms with van der Waals surface area (Å²) in [6, 6.07) is 11.8. The fourth-order valence-corrected chi connectivity index (χ4v) is 4.28. The fraction of sp³-hybridized carbons (Fsp3) is 0.292. The van der Waals surface area contributed by atoms with Gasteiger partial charge in [0.1, 0.15) is 12.3 Å². The number of fused-ring (bicyclic) bond motifs is 3. The van der Waals surface area contributed by atoms with Crippen LogP contribution in [0.3, 0.4) is 0 Å². The van der Waals surface area contributed by atoms with Crippen molar-refractivity contribution < 1.29 is 9.53 Å². The second-order valence-electron chi connectivity index (χ2n) is 8.01. The first-order valence-electron chi connectivity index (χ1n) is 10.1. The van der Waals surface area contributed by atoms with E-state index < -0.39 is 0 Å². The van der Waals surface area contributed by atoms with Gasteiger partial charge in [0.2, 0.25) is 0 Å². The van der Waals surface area contributed by atoms with Crippen molar-refractivity contribution in [2.24, 2.45) is 5.92 Å². The maximum absolute atomic E-state index is 13.2. The SMILES string of the molecule is Cc1cccn2cc(COC(=O)c3c4c(nc5ccccc35)CC[C@@H](C)C4)nc12. The van der Waals surface area contributed by atoms with E-state index in [1.807, 2.05) is 60.1 Å². The van der Waals surface area contributed by atoms with Crippen molar-refractivity contribution in [2.45, 2.75) is 39.7 Å². The van der Waals surface area contributed by atoms with Crippen LogP contribution in [0.15, 0.2) is 48.8 Å². The van der Waals surface area contributed by atoms with Crippen molar-refractivity contribution in [3.63, 3.8) is 0 Å². The Morgan fingerprint density at radius 1 is 1.21 bits per heavy atom. The van der Waals surface area contributed by atoms with Gasteiger partial charge in [0, 0.05) is 23.5 Å². The van der Waals surface area contributed by atoms with Crippen molar-refractivity contribution in [1.29, 1.82) is 0 Å². The smallest absolute Gasteiger partial charge is 0.339 e. The lowest BCUT2D eigenvalue weighted by Crippen LogP contribution is -2.19. The molecule has 0 spiro atoms.